The molecule has 5 unspecified atom stereocenters. The molecule has 270 valence electrons. The molecule has 0 radical (unpaired) electrons. The van der Waals surface area contributed by atoms with Crippen LogP contribution in [0.25, 0.3) is 10.9 Å². The number of amides is 1. The van der Waals surface area contributed by atoms with Gasteiger partial charge >= 0.3 is 18.0 Å². The summed E-state index contributed by atoms with van der Waals surface area (Å²) in [5.41, 5.74) is 1.80. The SMILES string of the molecule is COC(=O)C1CC(Oc2nc3ccccc3c(OCc3ccccc3)c2C#CCCCC2CC2OC(=O)NC(C(=O)O)C2(C)CCCCC2)CN1. The van der Waals surface area contributed by atoms with Gasteiger partial charge in [-0.3, -0.25) is 4.79 Å². The maximum Gasteiger partial charge on any atom is 0.408 e. The molecule has 51 heavy (non-hydrogen) atoms. The molecule has 1 aromatic heterocycles. The smallest absolute Gasteiger partial charge is 0.408 e. The lowest BCUT2D eigenvalue weighted by Gasteiger charge is -2.38. The Bertz CT molecular complexity index is 1760. The summed E-state index contributed by atoms with van der Waals surface area (Å²) in [6.45, 7) is 2.74. The van der Waals surface area contributed by atoms with Crippen molar-refractivity contribution in [2.24, 2.45) is 11.3 Å². The fraction of sp³-hybridized carbons (Fsp3) is 0.500. The van der Waals surface area contributed by atoms with Gasteiger partial charge in [0.05, 0.1) is 12.6 Å². The molecule has 3 aromatic rings. The number of carboxylic acid groups (broad SMARTS) is 1. The second-order valence-electron chi connectivity index (χ2n) is 14.1. The zero-order chi connectivity index (χ0) is 35.8. The van der Waals surface area contributed by atoms with Crippen LogP contribution in [-0.2, 0) is 25.7 Å². The van der Waals surface area contributed by atoms with E-state index in [0.717, 1.165) is 62.3 Å². The van der Waals surface area contributed by atoms with E-state index in [1.54, 1.807) is 0 Å². The average molecular weight is 698 g/mol. The first kappa shape index (κ1) is 36.0. The molecule has 1 aliphatic heterocycles. The van der Waals surface area contributed by atoms with Gasteiger partial charge in [0.15, 0.2) is 0 Å². The number of alkyl carbamates (subject to hydrolysis) is 1. The number of carbonyl (C=O) groups is 3. The Balaban J connectivity index is 1.11. The highest BCUT2D eigenvalue weighted by molar-refractivity contribution is 5.89. The number of hydrogen-bond donors (Lipinski definition) is 3. The Morgan fingerprint density at radius 1 is 1.06 bits per heavy atom. The maximum atomic E-state index is 12.7. The third-order valence-electron chi connectivity index (χ3n) is 10.3. The van der Waals surface area contributed by atoms with Gasteiger partial charge in [-0.1, -0.05) is 80.5 Å². The van der Waals surface area contributed by atoms with E-state index in [0.29, 0.717) is 48.7 Å². The van der Waals surface area contributed by atoms with Gasteiger partial charge in [0.1, 0.15) is 42.2 Å². The summed E-state index contributed by atoms with van der Waals surface area (Å²) in [6, 6.07) is 16.2. The number of aromatic nitrogens is 1. The molecule has 11 heteroatoms. The number of aliphatic carboxylic acids is 1. The summed E-state index contributed by atoms with van der Waals surface area (Å²) in [5.74, 6) is 6.42. The standard InChI is InChI=1S/C40H47N3O8/c1-40(20-12-5-13-21-40)35(37(44)45)43-39(47)51-33-22-27(33)16-8-4-9-18-30-34(49-25-26-14-6-3-7-15-26)29-17-10-11-19-31(29)42-36(30)50-28-23-32(41-24-28)38(46)48-2/h3,6-7,10-11,14-15,17,19,27-28,32-33,35,41H,4-5,8,12-13,16,20-25H2,1-2H3,(H,43,47)(H,44,45). The van der Waals surface area contributed by atoms with Crippen molar-refractivity contribution in [2.45, 2.75) is 102 Å². The number of carboxylic acids is 1. The third kappa shape index (κ3) is 9.11. The first-order chi connectivity index (χ1) is 24.7. The van der Waals surface area contributed by atoms with Gasteiger partial charge < -0.3 is 34.7 Å². The van der Waals surface area contributed by atoms with E-state index in [2.05, 4.69) is 22.5 Å². The lowest BCUT2D eigenvalue weighted by atomic mass is 9.70. The zero-order valence-corrected chi connectivity index (χ0v) is 29.3. The van der Waals surface area contributed by atoms with Crippen molar-refractivity contribution in [1.29, 1.82) is 0 Å². The minimum atomic E-state index is -1.02. The number of methoxy groups -OCH3 is 1. The molecular weight excluding hydrogens is 650 g/mol. The van der Waals surface area contributed by atoms with Crippen LogP contribution in [0.5, 0.6) is 11.6 Å². The van der Waals surface area contributed by atoms with Crippen molar-refractivity contribution < 1.29 is 38.4 Å². The molecule has 5 atom stereocenters. The number of para-hydroxylation sites is 1. The number of benzene rings is 2. The number of nitrogens with zero attached hydrogens (tertiary/aromatic N) is 1. The Kier molecular flexibility index (Phi) is 11.6. The highest BCUT2D eigenvalue weighted by atomic mass is 16.6. The van der Waals surface area contributed by atoms with E-state index in [4.69, 9.17) is 23.9 Å². The van der Waals surface area contributed by atoms with Crippen LogP contribution in [0, 0.1) is 23.2 Å². The summed E-state index contributed by atoms with van der Waals surface area (Å²) >= 11 is 0. The van der Waals surface area contributed by atoms with Crippen LogP contribution in [0.15, 0.2) is 54.6 Å². The van der Waals surface area contributed by atoms with Crippen molar-refractivity contribution in [3.63, 3.8) is 0 Å². The van der Waals surface area contributed by atoms with E-state index < -0.39 is 29.6 Å². The summed E-state index contributed by atoms with van der Waals surface area (Å²) in [6.07, 6.45) is 6.78. The first-order valence-corrected chi connectivity index (χ1v) is 18.0. The third-order valence-corrected chi connectivity index (χ3v) is 10.3. The molecule has 2 aromatic carbocycles. The van der Waals surface area contributed by atoms with Crippen LogP contribution < -0.4 is 20.1 Å². The lowest BCUT2D eigenvalue weighted by Crippen LogP contribution is -2.52. The predicted molar refractivity (Wildman–Crippen MR) is 190 cm³/mol. The normalized spacial score (nSPS) is 22.5. The fourth-order valence-electron chi connectivity index (χ4n) is 7.25. The number of fused-ring (bicyclic) bond motifs is 1. The number of unbranched alkanes of at least 4 members (excludes halogenated alkanes) is 1. The molecule has 11 nitrogen and oxygen atoms in total. The van der Waals surface area contributed by atoms with Crippen molar-refractivity contribution >= 4 is 28.9 Å². The fourth-order valence-corrected chi connectivity index (χ4v) is 7.25. The van der Waals surface area contributed by atoms with Crippen LogP contribution in [0.4, 0.5) is 4.79 Å². The highest BCUT2D eigenvalue weighted by Crippen LogP contribution is 2.41. The van der Waals surface area contributed by atoms with Gasteiger partial charge in [-0.05, 0) is 61.1 Å². The summed E-state index contributed by atoms with van der Waals surface area (Å²) in [4.78, 5) is 41.7. The second-order valence-corrected chi connectivity index (χ2v) is 14.1. The second kappa shape index (κ2) is 16.5. The van der Waals surface area contributed by atoms with Crippen molar-refractivity contribution in [3.05, 3.63) is 65.7 Å². The molecule has 1 amide bonds. The summed E-state index contributed by atoms with van der Waals surface area (Å²) in [7, 11) is 1.37. The van der Waals surface area contributed by atoms with Crippen LogP contribution in [-0.4, -0.2) is 66.1 Å². The molecule has 2 aliphatic carbocycles. The number of carbonyl (C=O) groups excluding carboxylic acids is 2. The van der Waals surface area contributed by atoms with Crippen molar-refractivity contribution in [2.75, 3.05) is 13.7 Å². The Hall–Kier alpha value is -4.82. The van der Waals surface area contributed by atoms with Crippen LogP contribution in [0.2, 0.25) is 0 Å². The van der Waals surface area contributed by atoms with E-state index in [-0.39, 0.29) is 24.1 Å². The number of hydrogen-bond acceptors (Lipinski definition) is 9. The average Bonchev–Trinajstić information content (AvgIpc) is 3.69. The maximum absolute atomic E-state index is 12.7. The first-order valence-electron chi connectivity index (χ1n) is 18.0. The number of esters is 1. The van der Waals surface area contributed by atoms with Crippen LogP contribution >= 0.6 is 0 Å². The van der Waals surface area contributed by atoms with Crippen molar-refractivity contribution in [3.8, 4) is 23.5 Å². The Morgan fingerprint density at radius 3 is 2.59 bits per heavy atom. The highest BCUT2D eigenvalue weighted by Gasteiger charge is 2.44. The summed E-state index contributed by atoms with van der Waals surface area (Å²) < 4.78 is 23.4. The molecule has 3 fully saturated rings. The largest absolute Gasteiger partial charge is 0.487 e. The minimum absolute atomic E-state index is 0.217. The molecule has 2 heterocycles. The molecule has 3 N–H and O–H groups in total. The van der Waals surface area contributed by atoms with Crippen LogP contribution in [0.1, 0.15) is 82.3 Å². The van der Waals surface area contributed by atoms with Gasteiger partial charge in [0, 0.05) is 24.8 Å². The topological polar surface area (TPSA) is 145 Å². The molecule has 6 rings (SSSR count). The number of nitrogens with one attached hydrogen (secondary N) is 2. The van der Waals surface area contributed by atoms with E-state index in [1.807, 2.05) is 61.5 Å². The molecule has 2 saturated carbocycles. The quantitative estimate of drug-likeness (QED) is 0.108. The van der Waals surface area contributed by atoms with Gasteiger partial charge in [0.2, 0.25) is 5.88 Å². The van der Waals surface area contributed by atoms with Gasteiger partial charge in [-0.25, -0.2) is 14.6 Å². The number of pyridine rings is 1. The van der Waals surface area contributed by atoms with E-state index in [1.165, 1.54) is 7.11 Å². The van der Waals surface area contributed by atoms with Gasteiger partial charge in [0.25, 0.3) is 0 Å². The zero-order valence-electron chi connectivity index (χ0n) is 29.3. The molecule has 1 saturated heterocycles. The summed E-state index contributed by atoms with van der Waals surface area (Å²) in [5, 5.41) is 16.5. The predicted octanol–water partition coefficient (Wildman–Crippen LogP) is 6.16. The lowest BCUT2D eigenvalue weighted by molar-refractivity contribution is -0.144. The molecular formula is C40H47N3O8. The van der Waals surface area contributed by atoms with Crippen molar-refractivity contribution in [1.82, 2.24) is 15.6 Å². The van der Waals surface area contributed by atoms with E-state index in [9.17, 15) is 19.5 Å². The Morgan fingerprint density at radius 2 is 1.82 bits per heavy atom. The Labute approximate surface area is 298 Å². The number of rotatable bonds is 13. The van der Waals surface area contributed by atoms with Gasteiger partial charge in [-0.2, -0.15) is 0 Å². The molecule has 0 bridgehead atoms. The minimum Gasteiger partial charge on any atom is -0.487 e. The molecule has 3 aliphatic rings. The van der Waals surface area contributed by atoms with Gasteiger partial charge in [-0.15, -0.1) is 0 Å². The number of ether oxygens (including phenoxy) is 4. The van der Waals surface area contributed by atoms with E-state index >= 15 is 0 Å². The van der Waals surface area contributed by atoms with Crippen LogP contribution in [0.3, 0.4) is 0 Å². The monoisotopic (exact) mass is 697 g/mol. The molecule has 0 spiro atoms.